The molecular weight excluding hydrogens is 328 g/mol. The van der Waals surface area contributed by atoms with Crippen molar-refractivity contribution in [3.8, 4) is 0 Å². The van der Waals surface area contributed by atoms with Gasteiger partial charge in [0.15, 0.2) is 0 Å². The number of amides is 1. The normalized spacial score (nSPS) is 11.9. The van der Waals surface area contributed by atoms with Crippen LogP contribution in [0.25, 0.3) is 0 Å². The number of rotatable bonds is 3. The molecule has 0 unspecified atom stereocenters. The van der Waals surface area contributed by atoms with Gasteiger partial charge in [-0.1, -0.05) is 45.7 Å². The molecule has 2 rings (SSSR count). The Hall–Kier alpha value is -1.39. The van der Waals surface area contributed by atoms with Gasteiger partial charge in [0.25, 0.3) is 5.91 Å². The summed E-state index contributed by atoms with van der Waals surface area (Å²) in [5.41, 5.74) is 1.51. The van der Waals surface area contributed by atoms with Crippen molar-refractivity contribution in [1.82, 2.24) is 10.3 Å². The summed E-state index contributed by atoms with van der Waals surface area (Å²) in [6.45, 7) is 1.93. The monoisotopic (exact) mass is 338 g/mol. The van der Waals surface area contributed by atoms with E-state index in [0.717, 1.165) is 10.0 Å². The van der Waals surface area contributed by atoms with Crippen molar-refractivity contribution in [2.45, 2.75) is 13.0 Å². The number of pyridine rings is 1. The molecule has 0 bridgehead atoms. The molecule has 3 nitrogen and oxygen atoms in total. The van der Waals surface area contributed by atoms with Crippen LogP contribution in [0.4, 0.5) is 0 Å². The molecule has 1 heterocycles. The largest absolute Gasteiger partial charge is 0.345 e. The Balaban J connectivity index is 2.11. The lowest BCUT2D eigenvalue weighted by molar-refractivity contribution is 0.0939. The Morgan fingerprint density at radius 1 is 1.32 bits per heavy atom. The number of carbonyl (C=O) groups is 1. The van der Waals surface area contributed by atoms with Gasteiger partial charge in [-0.25, -0.2) is 4.98 Å². The molecule has 0 saturated carbocycles. The lowest BCUT2D eigenvalue weighted by Gasteiger charge is -2.15. The van der Waals surface area contributed by atoms with E-state index in [1.165, 1.54) is 6.20 Å². The van der Waals surface area contributed by atoms with E-state index in [-0.39, 0.29) is 11.9 Å². The summed E-state index contributed by atoms with van der Waals surface area (Å²) >= 11 is 9.16. The van der Waals surface area contributed by atoms with Crippen molar-refractivity contribution in [2.75, 3.05) is 0 Å². The van der Waals surface area contributed by atoms with E-state index < -0.39 is 0 Å². The van der Waals surface area contributed by atoms with Gasteiger partial charge in [-0.3, -0.25) is 4.79 Å². The molecule has 1 amide bonds. The number of nitrogens with zero attached hydrogens (tertiary/aromatic N) is 1. The Kier molecular flexibility index (Phi) is 4.56. The fraction of sp³-hybridized carbons (Fsp3) is 0.143. The van der Waals surface area contributed by atoms with E-state index in [1.807, 2.05) is 31.2 Å². The zero-order valence-corrected chi connectivity index (χ0v) is 12.6. The van der Waals surface area contributed by atoms with Crippen LogP contribution in [-0.4, -0.2) is 10.9 Å². The topological polar surface area (TPSA) is 42.0 Å². The molecule has 0 aliphatic carbocycles. The highest BCUT2D eigenvalue weighted by atomic mass is 79.9. The summed E-state index contributed by atoms with van der Waals surface area (Å²) in [6, 6.07) is 10.9. The first-order valence-corrected chi connectivity index (χ1v) is 6.92. The van der Waals surface area contributed by atoms with Crippen molar-refractivity contribution in [3.05, 3.63) is 63.3 Å². The molecule has 2 aromatic rings. The van der Waals surface area contributed by atoms with E-state index in [4.69, 9.17) is 11.6 Å². The summed E-state index contributed by atoms with van der Waals surface area (Å²) in [6.07, 6.45) is 1.46. The predicted molar refractivity (Wildman–Crippen MR) is 79.3 cm³/mol. The second-order valence-corrected chi connectivity index (χ2v) is 5.33. The van der Waals surface area contributed by atoms with Crippen LogP contribution in [0, 0.1) is 0 Å². The average Bonchev–Trinajstić information content (AvgIpc) is 2.39. The molecule has 1 N–H and O–H groups in total. The van der Waals surface area contributed by atoms with E-state index in [9.17, 15) is 4.79 Å². The maximum Gasteiger partial charge on any atom is 0.253 e. The molecule has 0 aliphatic heterocycles. The molecular formula is C14H12BrClN2O. The number of benzene rings is 1. The number of hydrogen-bond acceptors (Lipinski definition) is 2. The molecule has 0 radical (unpaired) electrons. The fourth-order valence-corrected chi connectivity index (χ4v) is 2.43. The van der Waals surface area contributed by atoms with Crippen molar-refractivity contribution in [3.63, 3.8) is 0 Å². The SMILES string of the molecule is C[C@H](NC(=O)c1ccc(Cl)nc1)c1ccccc1Br. The van der Waals surface area contributed by atoms with Crippen molar-refractivity contribution in [2.24, 2.45) is 0 Å². The Labute approximate surface area is 125 Å². The molecule has 0 aliphatic rings. The minimum atomic E-state index is -0.174. The third kappa shape index (κ3) is 3.55. The van der Waals surface area contributed by atoms with Crippen LogP contribution in [-0.2, 0) is 0 Å². The second kappa shape index (κ2) is 6.17. The van der Waals surface area contributed by atoms with Gasteiger partial charge in [0.05, 0.1) is 11.6 Å². The van der Waals surface area contributed by atoms with Gasteiger partial charge in [-0.05, 0) is 30.7 Å². The first-order valence-electron chi connectivity index (χ1n) is 5.75. The minimum absolute atomic E-state index is 0.0984. The van der Waals surface area contributed by atoms with Crippen LogP contribution in [0.1, 0.15) is 28.9 Å². The van der Waals surface area contributed by atoms with E-state index in [0.29, 0.717) is 10.7 Å². The van der Waals surface area contributed by atoms with Crippen molar-refractivity contribution >= 4 is 33.4 Å². The molecule has 1 atom stereocenters. The average molecular weight is 340 g/mol. The molecule has 5 heteroatoms. The lowest BCUT2D eigenvalue weighted by Crippen LogP contribution is -2.26. The lowest BCUT2D eigenvalue weighted by atomic mass is 10.1. The molecule has 19 heavy (non-hydrogen) atoms. The summed E-state index contributed by atoms with van der Waals surface area (Å²) in [5, 5.41) is 3.29. The van der Waals surface area contributed by atoms with Gasteiger partial charge in [-0.2, -0.15) is 0 Å². The van der Waals surface area contributed by atoms with Crippen LogP contribution in [0.3, 0.4) is 0 Å². The second-order valence-electron chi connectivity index (χ2n) is 4.09. The first-order chi connectivity index (χ1) is 9.08. The van der Waals surface area contributed by atoms with Gasteiger partial charge in [0.2, 0.25) is 0 Å². The van der Waals surface area contributed by atoms with E-state index in [1.54, 1.807) is 12.1 Å². The molecule has 98 valence electrons. The number of hydrogen-bond donors (Lipinski definition) is 1. The summed E-state index contributed by atoms with van der Waals surface area (Å²) in [5.74, 6) is -0.174. The van der Waals surface area contributed by atoms with Gasteiger partial charge >= 0.3 is 0 Å². The van der Waals surface area contributed by atoms with E-state index >= 15 is 0 Å². The van der Waals surface area contributed by atoms with Gasteiger partial charge in [-0.15, -0.1) is 0 Å². The van der Waals surface area contributed by atoms with Crippen LogP contribution in [0.15, 0.2) is 47.1 Å². The molecule has 0 spiro atoms. The van der Waals surface area contributed by atoms with Gasteiger partial charge in [0, 0.05) is 10.7 Å². The zero-order chi connectivity index (χ0) is 13.8. The Bertz CT molecular complexity index is 586. The Morgan fingerprint density at radius 2 is 2.05 bits per heavy atom. The molecule has 1 aromatic carbocycles. The van der Waals surface area contributed by atoms with Crippen molar-refractivity contribution < 1.29 is 4.79 Å². The van der Waals surface area contributed by atoms with Gasteiger partial charge < -0.3 is 5.32 Å². The molecule has 1 aromatic heterocycles. The van der Waals surface area contributed by atoms with Gasteiger partial charge in [0.1, 0.15) is 5.15 Å². The van der Waals surface area contributed by atoms with Crippen LogP contribution < -0.4 is 5.32 Å². The number of halogens is 2. The molecule has 0 saturated heterocycles. The van der Waals surface area contributed by atoms with E-state index in [2.05, 4.69) is 26.2 Å². The quantitative estimate of drug-likeness (QED) is 0.859. The van der Waals surface area contributed by atoms with Crippen LogP contribution in [0.5, 0.6) is 0 Å². The standard InChI is InChI=1S/C14H12BrClN2O/c1-9(11-4-2-3-5-12(11)15)18-14(19)10-6-7-13(16)17-8-10/h2-9H,1H3,(H,18,19)/t9-/m0/s1. The summed E-state index contributed by atoms with van der Waals surface area (Å²) in [7, 11) is 0. The highest BCUT2D eigenvalue weighted by Gasteiger charge is 2.13. The highest BCUT2D eigenvalue weighted by molar-refractivity contribution is 9.10. The van der Waals surface area contributed by atoms with Crippen LogP contribution in [0.2, 0.25) is 5.15 Å². The molecule has 0 fully saturated rings. The first kappa shape index (κ1) is 14.0. The Morgan fingerprint density at radius 3 is 2.68 bits per heavy atom. The fourth-order valence-electron chi connectivity index (χ4n) is 1.69. The number of nitrogens with one attached hydrogen (secondary N) is 1. The smallest absolute Gasteiger partial charge is 0.253 e. The summed E-state index contributed by atoms with van der Waals surface area (Å²) < 4.78 is 0.969. The summed E-state index contributed by atoms with van der Waals surface area (Å²) in [4.78, 5) is 15.9. The van der Waals surface area contributed by atoms with Crippen LogP contribution >= 0.6 is 27.5 Å². The maximum absolute atomic E-state index is 12.0. The third-order valence-corrected chi connectivity index (χ3v) is 3.65. The number of carbonyl (C=O) groups excluding carboxylic acids is 1. The highest BCUT2D eigenvalue weighted by Crippen LogP contribution is 2.23. The predicted octanol–water partition coefficient (Wildman–Crippen LogP) is 3.99. The zero-order valence-electron chi connectivity index (χ0n) is 10.2. The third-order valence-electron chi connectivity index (χ3n) is 2.71. The maximum atomic E-state index is 12.0. The van der Waals surface area contributed by atoms with Crippen molar-refractivity contribution in [1.29, 1.82) is 0 Å². The minimum Gasteiger partial charge on any atom is -0.345 e. The number of aromatic nitrogens is 1.